The van der Waals surface area contributed by atoms with Gasteiger partial charge in [0.05, 0.1) is 3.79 Å². The summed E-state index contributed by atoms with van der Waals surface area (Å²) in [4.78, 5) is 1.35. The van der Waals surface area contributed by atoms with Crippen molar-refractivity contribution in [1.82, 2.24) is 5.32 Å². The van der Waals surface area contributed by atoms with Gasteiger partial charge < -0.3 is 5.32 Å². The maximum atomic E-state index is 5.84. The number of benzene rings is 1. The predicted molar refractivity (Wildman–Crippen MR) is 78.9 cm³/mol. The molecule has 4 heteroatoms. The second-order valence-corrected chi connectivity index (χ2v) is 6.74. The normalized spacial score (nSPS) is 10.7. The van der Waals surface area contributed by atoms with Crippen LogP contribution < -0.4 is 5.32 Å². The Kier molecular flexibility index (Phi) is 5.04. The second kappa shape index (κ2) is 6.55. The summed E-state index contributed by atoms with van der Waals surface area (Å²) in [7, 11) is 0. The highest BCUT2D eigenvalue weighted by atomic mass is 79.9. The third-order valence-corrected chi connectivity index (χ3v) is 4.31. The molecule has 0 atom stereocenters. The second-order valence-electron chi connectivity index (χ2n) is 3.76. The van der Waals surface area contributed by atoms with E-state index in [0.29, 0.717) is 0 Å². The Morgan fingerprint density at radius 2 is 1.88 bits per heavy atom. The lowest BCUT2D eigenvalue weighted by Gasteiger charge is -2.03. The minimum atomic E-state index is 0.796. The van der Waals surface area contributed by atoms with Gasteiger partial charge in [-0.3, -0.25) is 0 Å². The summed E-state index contributed by atoms with van der Waals surface area (Å²) >= 11 is 11.1. The fraction of sp³-hybridized carbons (Fsp3) is 0.231. The lowest BCUT2D eigenvalue weighted by Crippen LogP contribution is -2.15. The molecule has 1 aromatic heterocycles. The summed E-state index contributed by atoms with van der Waals surface area (Å²) in [6, 6.07) is 12.3. The van der Waals surface area contributed by atoms with Crippen molar-refractivity contribution in [3.05, 3.63) is 55.6 Å². The van der Waals surface area contributed by atoms with Crippen molar-refractivity contribution in [2.24, 2.45) is 0 Å². The first-order valence-corrected chi connectivity index (χ1v) is 7.42. The molecule has 0 saturated carbocycles. The monoisotopic (exact) mass is 329 g/mol. The van der Waals surface area contributed by atoms with Crippen LogP contribution in [-0.4, -0.2) is 6.54 Å². The van der Waals surface area contributed by atoms with Gasteiger partial charge in [-0.25, -0.2) is 0 Å². The zero-order chi connectivity index (χ0) is 12.1. The Bertz CT molecular complexity index is 467. The summed E-state index contributed by atoms with van der Waals surface area (Å²) in [5.41, 5.74) is 1.31. The molecule has 90 valence electrons. The highest BCUT2D eigenvalue weighted by Crippen LogP contribution is 2.21. The summed E-state index contributed by atoms with van der Waals surface area (Å²) in [5, 5.41) is 4.23. The van der Waals surface area contributed by atoms with Crippen molar-refractivity contribution >= 4 is 38.9 Å². The van der Waals surface area contributed by atoms with Crippen LogP contribution in [0.4, 0.5) is 0 Å². The molecule has 17 heavy (non-hydrogen) atoms. The molecule has 2 aromatic rings. The molecular formula is C13H13BrClNS. The molecule has 1 nitrogen and oxygen atoms in total. The molecule has 1 aromatic carbocycles. The van der Waals surface area contributed by atoms with E-state index in [1.54, 1.807) is 11.3 Å². The van der Waals surface area contributed by atoms with Crippen LogP contribution in [0.3, 0.4) is 0 Å². The van der Waals surface area contributed by atoms with Gasteiger partial charge >= 0.3 is 0 Å². The summed E-state index contributed by atoms with van der Waals surface area (Å²) < 4.78 is 1.19. The van der Waals surface area contributed by atoms with E-state index in [0.717, 1.165) is 24.5 Å². The van der Waals surface area contributed by atoms with Crippen LogP contribution in [0, 0.1) is 0 Å². The van der Waals surface area contributed by atoms with Gasteiger partial charge in [0.1, 0.15) is 0 Å². The predicted octanol–water partition coefficient (Wildman–Crippen LogP) is 4.50. The van der Waals surface area contributed by atoms with Crippen molar-refractivity contribution in [3.63, 3.8) is 0 Å². The Labute approximate surface area is 119 Å². The van der Waals surface area contributed by atoms with E-state index in [2.05, 4.69) is 45.5 Å². The van der Waals surface area contributed by atoms with Crippen molar-refractivity contribution in [1.29, 1.82) is 0 Å². The van der Waals surface area contributed by atoms with Crippen LogP contribution in [0.5, 0.6) is 0 Å². The molecule has 0 bridgehead atoms. The minimum Gasteiger partial charge on any atom is -0.312 e. The molecule has 0 radical (unpaired) electrons. The van der Waals surface area contributed by atoms with E-state index in [1.165, 1.54) is 14.2 Å². The Balaban J connectivity index is 1.71. The van der Waals surface area contributed by atoms with Gasteiger partial charge in [0.25, 0.3) is 0 Å². The number of nitrogens with one attached hydrogen (secondary N) is 1. The molecule has 0 amide bonds. The maximum Gasteiger partial charge on any atom is 0.0701 e. The number of rotatable bonds is 5. The molecular weight excluding hydrogens is 318 g/mol. The zero-order valence-electron chi connectivity index (χ0n) is 9.25. The standard InChI is InChI=1S/C13H13BrClNS/c14-13-6-5-12(17-13)9-16-8-7-10-1-3-11(15)4-2-10/h1-6,16H,7-9H2. The number of thiophene rings is 1. The summed E-state index contributed by atoms with van der Waals surface area (Å²) in [6.07, 6.45) is 1.03. The maximum absolute atomic E-state index is 5.84. The first kappa shape index (κ1) is 13.1. The van der Waals surface area contributed by atoms with E-state index < -0.39 is 0 Å². The minimum absolute atomic E-state index is 0.796. The molecule has 0 fully saturated rings. The van der Waals surface area contributed by atoms with Gasteiger partial charge in [-0.1, -0.05) is 23.7 Å². The Hall–Kier alpha value is -0.350. The largest absolute Gasteiger partial charge is 0.312 e. The van der Waals surface area contributed by atoms with Crippen LogP contribution in [0.15, 0.2) is 40.2 Å². The van der Waals surface area contributed by atoms with Gasteiger partial charge in [0.15, 0.2) is 0 Å². The smallest absolute Gasteiger partial charge is 0.0701 e. The van der Waals surface area contributed by atoms with Gasteiger partial charge in [-0.15, -0.1) is 11.3 Å². The van der Waals surface area contributed by atoms with Crippen LogP contribution in [0.25, 0.3) is 0 Å². The van der Waals surface area contributed by atoms with Crippen LogP contribution in [-0.2, 0) is 13.0 Å². The Morgan fingerprint density at radius 1 is 1.12 bits per heavy atom. The molecule has 1 N–H and O–H groups in total. The fourth-order valence-corrected chi connectivity index (χ4v) is 3.12. The fourth-order valence-electron chi connectivity index (χ4n) is 1.54. The van der Waals surface area contributed by atoms with Crippen molar-refractivity contribution < 1.29 is 0 Å². The number of hydrogen-bond acceptors (Lipinski definition) is 2. The SMILES string of the molecule is Clc1ccc(CCNCc2ccc(Br)s2)cc1. The quantitative estimate of drug-likeness (QED) is 0.796. The molecule has 0 saturated heterocycles. The van der Waals surface area contributed by atoms with Gasteiger partial charge in [0.2, 0.25) is 0 Å². The van der Waals surface area contributed by atoms with Crippen LogP contribution in [0.2, 0.25) is 5.02 Å². The lowest BCUT2D eigenvalue weighted by molar-refractivity contribution is 0.693. The average molecular weight is 331 g/mol. The first-order chi connectivity index (χ1) is 8.24. The molecule has 0 aliphatic rings. The third-order valence-electron chi connectivity index (χ3n) is 2.43. The summed E-state index contributed by atoms with van der Waals surface area (Å²) in [5.74, 6) is 0. The summed E-state index contributed by atoms with van der Waals surface area (Å²) in [6.45, 7) is 1.92. The first-order valence-electron chi connectivity index (χ1n) is 5.43. The molecule has 0 unspecified atom stereocenters. The molecule has 0 aliphatic carbocycles. The van der Waals surface area contributed by atoms with Gasteiger partial charge in [0, 0.05) is 16.4 Å². The highest BCUT2D eigenvalue weighted by molar-refractivity contribution is 9.11. The van der Waals surface area contributed by atoms with E-state index in [1.807, 2.05) is 12.1 Å². The van der Waals surface area contributed by atoms with Crippen molar-refractivity contribution in [2.45, 2.75) is 13.0 Å². The van der Waals surface area contributed by atoms with Crippen molar-refractivity contribution in [2.75, 3.05) is 6.54 Å². The molecule has 0 spiro atoms. The lowest BCUT2D eigenvalue weighted by atomic mass is 10.1. The van der Waals surface area contributed by atoms with E-state index in [9.17, 15) is 0 Å². The van der Waals surface area contributed by atoms with Gasteiger partial charge in [-0.2, -0.15) is 0 Å². The molecule has 0 aliphatic heterocycles. The van der Waals surface area contributed by atoms with E-state index in [-0.39, 0.29) is 0 Å². The van der Waals surface area contributed by atoms with E-state index in [4.69, 9.17) is 11.6 Å². The van der Waals surface area contributed by atoms with Crippen LogP contribution >= 0.6 is 38.9 Å². The highest BCUT2D eigenvalue weighted by Gasteiger charge is 1.97. The van der Waals surface area contributed by atoms with Crippen molar-refractivity contribution in [3.8, 4) is 0 Å². The molecule has 2 rings (SSSR count). The number of hydrogen-bond donors (Lipinski definition) is 1. The topological polar surface area (TPSA) is 12.0 Å². The number of halogens is 2. The third kappa shape index (κ3) is 4.43. The zero-order valence-corrected chi connectivity index (χ0v) is 12.4. The van der Waals surface area contributed by atoms with Crippen LogP contribution in [0.1, 0.15) is 10.4 Å². The molecule has 1 heterocycles. The Morgan fingerprint density at radius 3 is 2.53 bits per heavy atom. The van der Waals surface area contributed by atoms with Gasteiger partial charge in [-0.05, 0) is 58.7 Å². The average Bonchev–Trinajstić information content (AvgIpc) is 2.73. The van der Waals surface area contributed by atoms with E-state index >= 15 is 0 Å².